The van der Waals surface area contributed by atoms with Crippen LogP contribution in [0, 0.1) is 0 Å². The van der Waals surface area contributed by atoms with Crippen LogP contribution in [0.5, 0.6) is 0 Å². The highest BCUT2D eigenvalue weighted by Gasteiger charge is 2.92. The van der Waals surface area contributed by atoms with Crippen LogP contribution in [-0.4, -0.2) is 87.0 Å². The zero-order chi connectivity index (χ0) is 39.1. The predicted molar refractivity (Wildman–Crippen MR) is 77.8 cm³/mol. The molecule has 0 aromatic carbocycles. The first-order valence-corrected chi connectivity index (χ1v) is 11.1. The van der Waals surface area contributed by atoms with Crippen molar-refractivity contribution in [2.45, 2.75) is 78.2 Å². The van der Waals surface area contributed by atoms with E-state index in [0.717, 1.165) is 13.3 Å². The molecule has 0 saturated heterocycles. The van der Waals surface area contributed by atoms with Crippen molar-refractivity contribution in [3.63, 3.8) is 0 Å². The Morgan fingerprint density at radius 1 is 0.234 bits per heavy atom. The van der Waals surface area contributed by atoms with E-state index in [1.807, 2.05) is 0 Å². The van der Waals surface area contributed by atoms with Gasteiger partial charge in [-0.05, 0) is 0 Å². The van der Waals surface area contributed by atoms with E-state index in [-0.39, 0.29) is 0 Å². The molecule has 0 atom stereocenters. The van der Waals surface area contributed by atoms with Gasteiger partial charge in [-0.1, -0.05) is 0 Å². The fraction of sp³-hybridized carbons (Fsp3) is 1.00. The Morgan fingerprint density at radius 3 is 0.489 bits per heavy atom. The maximum Gasteiger partial charge on any atom is 0.629 e. The lowest BCUT2D eigenvalue weighted by Crippen LogP contribution is -2.75. The van der Waals surface area contributed by atoms with Gasteiger partial charge in [0.05, 0.1) is 0 Å². The smallest absolute Gasteiger partial charge is 0.303 e. The van der Waals surface area contributed by atoms with Gasteiger partial charge >= 0.3 is 87.0 Å². The summed E-state index contributed by atoms with van der Waals surface area (Å²) in [6, 6.07) is 0. The average Bonchev–Trinajstić information content (AvgIpc) is 2.74. The summed E-state index contributed by atoms with van der Waals surface area (Å²) < 4.78 is 393. The average molecular weight is 802 g/mol. The molecule has 47 heavy (non-hydrogen) atoms. The Balaban J connectivity index is 8.14. The van der Waals surface area contributed by atoms with E-state index in [0.29, 0.717) is 0 Å². The molecule has 0 heterocycles. The highest BCUT2D eigenvalue weighted by Crippen LogP contribution is 2.60. The number of hydrogen-bond acceptors (Lipinski definition) is 3. The summed E-state index contributed by atoms with van der Waals surface area (Å²) >= 11 is 0. The molecule has 3 nitrogen and oxygen atoms in total. The molecule has 34 heteroatoms. The van der Waals surface area contributed by atoms with Crippen LogP contribution in [-0.2, 0) is 13.3 Å². The first-order valence-electron chi connectivity index (χ1n) is 9.39. The lowest BCUT2D eigenvalue weighted by molar-refractivity contribution is -0.467. The first kappa shape index (κ1) is 45.0. The van der Waals surface area contributed by atoms with Gasteiger partial charge in [-0.15, -0.1) is 0 Å². The zero-order valence-electron chi connectivity index (χ0n) is 19.6. The molecule has 0 fully saturated rings. The van der Waals surface area contributed by atoms with Gasteiger partial charge in [0.25, 0.3) is 0 Å². The van der Waals surface area contributed by atoms with Crippen LogP contribution in [0.25, 0.3) is 0 Å². The van der Waals surface area contributed by atoms with E-state index in [2.05, 4.69) is 0 Å². The van der Waals surface area contributed by atoms with Crippen LogP contribution in [0.4, 0.5) is 132 Å². The summed E-state index contributed by atoms with van der Waals surface area (Å²) in [7, 11) is -11.4. The number of rotatable bonds is 12. The Morgan fingerprint density at radius 2 is 0.383 bits per heavy atom. The lowest BCUT2D eigenvalue weighted by Gasteiger charge is -2.43. The maximum atomic E-state index is 13.7. The molecule has 284 valence electrons. The summed E-state index contributed by atoms with van der Waals surface area (Å²) in [5.41, 5.74) is 0. The van der Waals surface area contributed by atoms with Gasteiger partial charge in [0, 0.05) is 0 Å². The monoisotopic (exact) mass is 802 g/mol. The largest absolute Gasteiger partial charge is 0.629 e. The molecule has 0 amide bonds. The molecule has 0 aliphatic heterocycles. The second-order valence-corrected chi connectivity index (χ2v) is 10.1. The van der Waals surface area contributed by atoms with Gasteiger partial charge < -0.3 is 13.3 Å². The molecular formula is C13F30O3Si. The Bertz CT molecular complexity index is 980. The molecule has 0 rings (SSSR count). The van der Waals surface area contributed by atoms with Crippen LogP contribution in [0.3, 0.4) is 0 Å². The van der Waals surface area contributed by atoms with Crippen molar-refractivity contribution >= 4 is 8.80 Å². The summed E-state index contributed by atoms with van der Waals surface area (Å²) in [4.78, 5) is 0. The van der Waals surface area contributed by atoms with E-state index in [1.54, 1.807) is 0 Å². The number of halogens is 30. The molecule has 0 radical (unpaired) electrons. The maximum absolute atomic E-state index is 13.7. The molecule has 0 unspecified atom stereocenters. The normalized spacial score (nSPS) is 17.0. The highest BCUT2D eigenvalue weighted by atomic mass is 28.4. The summed E-state index contributed by atoms with van der Waals surface area (Å²) in [6.45, 7) is 0. The molecular weight excluding hydrogens is 802 g/mol. The van der Waals surface area contributed by atoms with Crippen molar-refractivity contribution in [1.29, 1.82) is 0 Å². The van der Waals surface area contributed by atoms with Gasteiger partial charge in [-0.3, -0.25) is 0 Å². The van der Waals surface area contributed by atoms with E-state index < -0.39 is 87.0 Å². The van der Waals surface area contributed by atoms with Crippen LogP contribution in [0.2, 0.25) is 0 Å². The van der Waals surface area contributed by atoms with E-state index >= 15 is 0 Å². The van der Waals surface area contributed by atoms with Crippen molar-refractivity contribution in [3.05, 3.63) is 0 Å². The van der Waals surface area contributed by atoms with E-state index in [4.69, 9.17) is 0 Å². The zero-order valence-corrected chi connectivity index (χ0v) is 20.6. The van der Waals surface area contributed by atoms with Crippen LogP contribution in [0.15, 0.2) is 0 Å². The van der Waals surface area contributed by atoms with Crippen molar-refractivity contribution in [1.82, 2.24) is 0 Å². The summed E-state index contributed by atoms with van der Waals surface area (Å²) in [6.07, 6.45) is -52.1. The SMILES string of the molecule is FC(F)(F)C(F)(F)C(F)(F)C(F)(F)O[Si](OC(F)(F)C(F)(F)C(F)(F)C(F)(F)F)(OC(F)(F)C(F)(F)C(F)(F)C(F)(F)F)C(F)(F)F. The van der Waals surface area contributed by atoms with Crippen LogP contribution >= 0.6 is 0 Å². The summed E-state index contributed by atoms with van der Waals surface area (Å²) in [5, 5.41) is 0. The second kappa shape index (κ2) is 11.3. The number of alkyl halides is 30. The van der Waals surface area contributed by atoms with Gasteiger partial charge in [-0.2, -0.15) is 132 Å². The lowest BCUT2D eigenvalue weighted by atomic mass is 10.1. The third-order valence-corrected chi connectivity index (χ3v) is 6.75. The van der Waals surface area contributed by atoms with Gasteiger partial charge in [0.1, 0.15) is 0 Å². The summed E-state index contributed by atoms with van der Waals surface area (Å²) in [5.74, 6) is -62.3. The van der Waals surface area contributed by atoms with Crippen LogP contribution < -0.4 is 0 Å². The standard InChI is InChI=1S/C13F30O3Si/c14-1(15,7(26,27)28)4(20,21)10(35,36)44-47(13(41,42)43,45-11(37,38)5(22,23)2(16,17)8(29,30)31)46-12(39,40)6(24,25)3(18,19)9(32,33)34. The van der Waals surface area contributed by atoms with Gasteiger partial charge in [0.15, 0.2) is 0 Å². The molecule has 0 N–H and O–H groups in total. The topological polar surface area (TPSA) is 27.7 Å². The van der Waals surface area contributed by atoms with Crippen LogP contribution in [0.1, 0.15) is 0 Å². The molecule has 0 aromatic heterocycles. The van der Waals surface area contributed by atoms with Crippen molar-refractivity contribution < 1.29 is 145 Å². The minimum absolute atomic E-state index is 1.02. The Kier molecular flexibility index (Phi) is 10.8. The third kappa shape index (κ3) is 6.91. The fourth-order valence-electron chi connectivity index (χ4n) is 2.02. The minimum atomic E-state index is -11.4. The van der Waals surface area contributed by atoms with Gasteiger partial charge in [-0.25, -0.2) is 0 Å². The van der Waals surface area contributed by atoms with E-state index in [9.17, 15) is 132 Å². The highest BCUT2D eigenvalue weighted by molar-refractivity contribution is 6.63. The minimum Gasteiger partial charge on any atom is -0.303 e. The fourth-order valence-corrected chi connectivity index (χ4v) is 3.89. The molecule has 0 spiro atoms. The molecule has 0 aliphatic rings. The molecule has 0 aromatic rings. The number of hydrogen-bond donors (Lipinski definition) is 0. The van der Waals surface area contributed by atoms with Crippen molar-refractivity contribution in [2.75, 3.05) is 0 Å². The quantitative estimate of drug-likeness (QED) is 0.146. The first-order chi connectivity index (χ1) is 19.6. The van der Waals surface area contributed by atoms with E-state index in [1.165, 1.54) is 0 Å². The Labute approximate surface area is 233 Å². The molecule has 0 aliphatic carbocycles. The molecule has 0 saturated carbocycles. The third-order valence-electron chi connectivity index (χ3n) is 4.48. The predicted octanol–water partition coefficient (Wildman–Crippen LogP) is 9.35. The Hall–Kier alpha value is -2.00. The van der Waals surface area contributed by atoms with Gasteiger partial charge in [0.2, 0.25) is 0 Å². The second-order valence-electron chi connectivity index (χ2n) is 7.85. The van der Waals surface area contributed by atoms with Crippen molar-refractivity contribution in [3.8, 4) is 0 Å². The van der Waals surface area contributed by atoms with Crippen molar-refractivity contribution in [2.24, 2.45) is 0 Å². The molecule has 0 bridgehead atoms.